The molecule has 2 fully saturated rings. The molecule has 0 aliphatic carbocycles. The van der Waals surface area contributed by atoms with Crippen LogP contribution in [0.25, 0.3) is 0 Å². The summed E-state index contributed by atoms with van der Waals surface area (Å²) in [6.45, 7) is 3.13. The van der Waals surface area contributed by atoms with Gasteiger partial charge in [-0.3, -0.25) is 9.59 Å². The highest BCUT2D eigenvalue weighted by Gasteiger charge is 2.23. The molecule has 2 saturated heterocycles. The maximum absolute atomic E-state index is 11.9. The van der Waals surface area contributed by atoms with Gasteiger partial charge in [-0.2, -0.15) is 0 Å². The normalized spacial score (nSPS) is 21.7. The van der Waals surface area contributed by atoms with Crippen LogP contribution >= 0.6 is 0 Å². The zero-order valence-electron chi connectivity index (χ0n) is 10.8. The van der Waals surface area contributed by atoms with Crippen molar-refractivity contribution in [2.24, 2.45) is 5.92 Å². The summed E-state index contributed by atoms with van der Waals surface area (Å²) in [6.07, 6.45) is 4.91. The molecule has 0 unspecified atom stereocenters. The lowest BCUT2D eigenvalue weighted by molar-refractivity contribution is -0.135. The van der Waals surface area contributed by atoms with Crippen molar-refractivity contribution in [3.63, 3.8) is 0 Å². The molecule has 0 aromatic carbocycles. The van der Waals surface area contributed by atoms with Gasteiger partial charge in [-0.15, -0.1) is 0 Å². The van der Waals surface area contributed by atoms with E-state index in [0.29, 0.717) is 13.2 Å². The van der Waals surface area contributed by atoms with E-state index in [4.69, 9.17) is 4.74 Å². The lowest BCUT2D eigenvalue weighted by atomic mass is 9.99. The average Bonchev–Trinajstić information content (AvgIpc) is 2.46. The quantitative estimate of drug-likeness (QED) is 0.800. The van der Waals surface area contributed by atoms with Gasteiger partial charge in [-0.1, -0.05) is 0 Å². The first-order valence-corrected chi connectivity index (χ1v) is 6.90. The van der Waals surface area contributed by atoms with Crippen molar-refractivity contribution in [3.05, 3.63) is 0 Å². The molecule has 102 valence electrons. The molecular formula is C13H22N2O3. The number of nitrogens with one attached hydrogen (secondary N) is 1. The van der Waals surface area contributed by atoms with Crippen molar-refractivity contribution in [2.75, 3.05) is 32.8 Å². The summed E-state index contributed by atoms with van der Waals surface area (Å²) in [7, 11) is 0. The van der Waals surface area contributed by atoms with Gasteiger partial charge in [-0.25, -0.2) is 0 Å². The molecule has 0 spiro atoms. The first kappa shape index (κ1) is 13.3. The molecule has 2 heterocycles. The second-order valence-corrected chi connectivity index (χ2v) is 5.05. The number of hydrogen-bond acceptors (Lipinski definition) is 3. The second kappa shape index (κ2) is 6.73. The van der Waals surface area contributed by atoms with E-state index >= 15 is 0 Å². The number of piperidine rings is 1. The van der Waals surface area contributed by atoms with Gasteiger partial charge in [0.05, 0.1) is 6.54 Å². The van der Waals surface area contributed by atoms with Crippen LogP contribution in [0.1, 0.15) is 32.1 Å². The number of ether oxygens (including phenoxy) is 1. The van der Waals surface area contributed by atoms with Gasteiger partial charge >= 0.3 is 0 Å². The zero-order chi connectivity index (χ0) is 12.8. The van der Waals surface area contributed by atoms with E-state index in [2.05, 4.69) is 5.32 Å². The SMILES string of the molecule is O=C(NCC(=O)N1CCCCC1)C1CCOCC1. The summed E-state index contributed by atoms with van der Waals surface area (Å²) in [4.78, 5) is 25.6. The molecule has 0 bridgehead atoms. The Hall–Kier alpha value is -1.10. The molecule has 2 rings (SSSR count). The van der Waals surface area contributed by atoms with E-state index in [-0.39, 0.29) is 24.3 Å². The minimum atomic E-state index is 0.00339. The summed E-state index contributed by atoms with van der Waals surface area (Å²) in [6, 6.07) is 0. The number of carbonyl (C=O) groups is 2. The Kier molecular flexibility index (Phi) is 4.99. The van der Waals surface area contributed by atoms with Crippen LogP contribution in [0.5, 0.6) is 0 Å². The highest BCUT2D eigenvalue weighted by Crippen LogP contribution is 2.14. The number of carbonyl (C=O) groups excluding carboxylic acids is 2. The van der Waals surface area contributed by atoms with Crippen LogP contribution in [-0.4, -0.2) is 49.6 Å². The highest BCUT2D eigenvalue weighted by atomic mass is 16.5. The Labute approximate surface area is 108 Å². The predicted molar refractivity (Wildman–Crippen MR) is 67.0 cm³/mol. The van der Waals surface area contributed by atoms with Gasteiger partial charge < -0.3 is 15.0 Å². The topological polar surface area (TPSA) is 58.6 Å². The first-order chi connectivity index (χ1) is 8.77. The monoisotopic (exact) mass is 254 g/mol. The van der Waals surface area contributed by atoms with Crippen LogP contribution in [0.4, 0.5) is 0 Å². The molecule has 0 aromatic rings. The number of likely N-dealkylation sites (tertiary alicyclic amines) is 1. The summed E-state index contributed by atoms with van der Waals surface area (Å²) < 4.78 is 5.22. The summed E-state index contributed by atoms with van der Waals surface area (Å²) >= 11 is 0. The fourth-order valence-electron chi connectivity index (χ4n) is 2.52. The van der Waals surface area contributed by atoms with Gasteiger partial charge in [0.2, 0.25) is 11.8 Å². The molecule has 0 aromatic heterocycles. The van der Waals surface area contributed by atoms with E-state index in [1.165, 1.54) is 6.42 Å². The fourth-order valence-corrected chi connectivity index (χ4v) is 2.52. The molecule has 5 heteroatoms. The average molecular weight is 254 g/mol. The third-order valence-electron chi connectivity index (χ3n) is 3.71. The van der Waals surface area contributed by atoms with Gasteiger partial charge in [0.1, 0.15) is 0 Å². The van der Waals surface area contributed by atoms with E-state index in [1.54, 1.807) is 0 Å². The van der Waals surface area contributed by atoms with Crippen molar-refractivity contribution in [1.82, 2.24) is 10.2 Å². The first-order valence-electron chi connectivity index (χ1n) is 6.90. The molecule has 2 aliphatic rings. The van der Waals surface area contributed by atoms with Gasteiger partial charge in [0.25, 0.3) is 0 Å². The van der Waals surface area contributed by atoms with Gasteiger partial charge in [0, 0.05) is 32.2 Å². The van der Waals surface area contributed by atoms with E-state index < -0.39 is 0 Å². The maximum Gasteiger partial charge on any atom is 0.241 e. The Morgan fingerprint density at radius 1 is 1.11 bits per heavy atom. The third kappa shape index (κ3) is 3.70. The van der Waals surface area contributed by atoms with E-state index in [0.717, 1.165) is 38.8 Å². The van der Waals surface area contributed by atoms with Crippen molar-refractivity contribution in [2.45, 2.75) is 32.1 Å². The Bertz CT molecular complexity index is 265. The van der Waals surface area contributed by atoms with Gasteiger partial charge in [-0.05, 0) is 32.1 Å². The highest BCUT2D eigenvalue weighted by molar-refractivity contribution is 5.85. The maximum atomic E-state index is 11.9. The summed E-state index contributed by atoms with van der Waals surface area (Å²) in [5, 5.41) is 2.76. The van der Waals surface area contributed by atoms with E-state index in [1.807, 2.05) is 4.90 Å². The lowest BCUT2D eigenvalue weighted by Gasteiger charge is -2.27. The molecule has 2 amide bonds. The van der Waals surface area contributed by atoms with Crippen LogP contribution in [0, 0.1) is 5.92 Å². The summed E-state index contributed by atoms with van der Waals surface area (Å²) in [5.74, 6) is 0.0756. The lowest BCUT2D eigenvalue weighted by Crippen LogP contribution is -2.44. The summed E-state index contributed by atoms with van der Waals surface area (Å²) in [5.41, 5.74) is 0. The molecular weight excluding hydrogens is 232 g/mol. The molecule has 5 nitrogen and oxygen atoms in total. The number of amides is 2. The Morgan fingerprint density at radius 3 is 2.44 bits per heavy atom. The standard InChI is InChI=1S/C13H22N2O3/c16-12(15-6-2-1-3-7-15)10-14-13(17)11-4-8-18-9-5-11/h11H,1-10H2,(H,14,17). The van der Waals surface area contributed by atoms with Crippen LogP contribution in [0.2, 0.25) is 0 Å². The molecule has 0 radical (unpaired) electrons. The van der Waals surface area contributed by atoms with Crippen LogP contribution < -0.4 is 5.32 Å². The van der Waals surface area contributed by atoms with Gasteiger partial charge in [0.15, 0.2) is 0 Å². The second-order valence-electron chi connectivity index (χ2n) is 5.05. The van der Waals surface area contributed by atoms with Crippen LogP contribution in [0.3, 0.4) is 0 Å². The van der Waals surface area contributed by atoms with Crippen LogP contribution in [-0.2, 0) is 14.3 Å². The van der Waals surface area contributed by atoms with Crippen LogP contribution in [0.15, 0.2) is 0 Å². The fraction of sp³-hybridized carbons (Fsp3) is 0.846. The third-order valence-corrected chi connectivity index (χ3v) is 3.71. The minimum absolute atomic E-state index is 0.00339. The smallest absolute Gasteiger partial charge is 0.241 e. The molecule has 0 saturated carbocycles. The number of nitrogens with zero attached hydrogens (tertiary/aromatic N) is 1. The Balaban J connectivity index is 1.69. The molecule has 0 atom stereocenters. The number of hydrogen-bond donors (Lipinski definition) is 1. The predicted octanol–water partition coefficient (Wildman–Crippen LogP) is 0.542. The Morgan fingerprint density at radius 2 is 1.78 bits per heavy atom. The van der Waals surface area contributed by atoms with E-state index in [9.17, 15) is 9.59 Å². The van der Waals surface area contributed by atoms with Crippen molar-refractivity contribution < 1.29 is 14.3 Å². The number of rotatable bonds is 3. The largest absolute Gasteiger partial charge is 0.381 e. The van der Waals surface area contributed by atoms with Crippen molar-refractivity contribution in [3.8, 4) is 0 Å². The molecule has 2 aliphatic heterocycles. The van der Waals surface area contributed by atoms with Crippen molar-refractivity contribution in [1.29, 1.82) is 0 Å². The van der Waals surface area contributed by atoms with Crippen molar-refractivity contribution >= 4 is 11.8 Å². The zero-order valence-corrected chi connectivity index (χ0v) is 10.8. The molecule has 18 heavy (non-hydrogen) atoms. The molecule has 1 N–H and O–H groups in total. The minimum Gasteiger partial charge on any atom is -0.381 e.